The zero-order chi connectivity index (χ0) is 35.9. The highest BCUT2D eigenvalue weighted by atomic mass is 16.7. The Labute approximate surface area is 299 Å². The molecule has 0 aliphatic carbocycles. The largest absolute Gasteiger partial charge is 0.493 e. The highest BCUT2D eigenvalue weighted by Crippen LogP contribution is 2.40. The van der Waals surface area contributed by atoms with E-state index in [0.717, 1.165) is 70.9 Å². The van der Waals surface area contributed by atoms with E-state index >= 15 is 0 Å². The van der Waals surface area contributed by atoms with E-state index in [0.29, 0.717) is 13.0 Å². The summed E-state index contributed by atoms with van der Waals surface area (Å²) in [6.07, 6.45) is -0.168. The van der Waals surface area contributed by atoms with Crippen LogP contribution in [-0.2, 0) is 49.9 Å². The van der Waals surface area contributed by atoms with Gasteiger partial charge in [0, 0.05) is 45.1 Å². The number of carbonyl (C=O) groups is 2. The van der Waals surface area contributed by atoms with Crippen molar-refractivity contribution < 1.29 is 38.4 Å². The van der Waals surface area contributed by atoms with Gasteiger partial charge in [0.1, 0.15) is 0 Å². The van der Waals surface area contributed by atoms with E-state index in [1.807, 2.05) is 66.7 Å². The fourth-order valence-corrected chi connectivity index (χ4v) is 6.78. The molecule has 10 nitrogen and oxygen atoms in total. The van der Waals surface area contributed by atoms with Crippen molar-refractivity contribution in [2.45, 2.75) is 71.0 Å². The number of esters is 1. The van der Waals surface area contributed by atoms with Gasteiger partial charge in [-0.3, -0.25) is 14.5 Å². The maximum atomic E-state index is 12.4. The number of ether oxygens (including phenoxy) is 5. The lowest BCUT2D eigenvalue weighted by molar-refractivity contribution is -0.253. The van der Waals surface area contributed by atoms with Crippen molar-refractivity contribution in [3.63, 3.8) is 0 Å². The Kier molecular flexibility index (Phi) is 11.7. The second-order valence-corrected chi connectivity index (χ2v) is 13.1. The lowest BCUT2D eigenvalue weighted by Crippen LogP contribution is -2.41. The van der Waals surface area contributed by atoms with Crippen molar-refractivity contribution in [3.05, 3.63) is 118 Å². The Bertz CT molecular complexity index is 1830. The molecule has 0 radical (unpaired) electrons. The fraction of sp³-hybridized carbons (Fsp3) is 0.366. The predicted octanol–water partition coefficient (Wildman–Crippen LogP) is 6.03. The van der Waals surface area contributed by atoms with Crippen molar-refractivity contribution >= 4 is 11.9 Å². The summed E-state index contributed by atoms with van der Waals surface area (Å²) in [7, 11) is 3.33. The summed E-state index contributed by atoms with van der Waals surface area (Å²) in [6, 6.07) is 28.2. The van der Waals surface area contributed by atoms with Crippen molar-refractivity contribution in [1.29, 1.82) is 0 Å². The molecule has 1 saturated heterocycles. The molecule has 10 heteroatoms. The number of benzene rings is 4. The van der Waals surface area contributed by atoms with Crippen LogP contribution in [0.1, 0.15) is 66.0 Å². The van der Waals surface area contributed by atoms with Crippen LogP contribution in [0.15, 0.2) is 84.9 Å². The van der Waals surface area contributed by atoms with Gasteiger partial charge in [-0.05, 0) is 76.6 Å². The van der Waals surface area contributed by atoms with Crippen LogP contribution in [0, 0.1) is 0 Å². The Morgan fingerprint density at radius 2 is 1.59 bits per heavy atom. The summed E-state index contributed by atoms with van der Waals surface area (Å²) in [6.45, 7) is 5.54. The fourth-order valence-electron chi connectivity index (χ4n) is 6.78. The molecule has 0 aromatic heterocycles. The van der Waals surface area contributed by atoms with Crippen molar-refractivity contribution in [1.82, 2.24) is 10.2 Å². The molecule has 2 aliphatic heterocycles. The maximum absolute atomic E-state index is 12.4. The average Bonchev–Trinajstić information content (AvgIpc) is 3.16. The van der Waals surface area contributed by atoms with Gasteiger partial charge in [0.2, 0.25) is 0 Å². The lowest BCUT2D eigenvalue weighted by Gasteiger charge is -2.39. The minimum absolute atomic E-state index is 0.0129. The van der Waals surface area contributed by atoms with E-state index in [1.54, 1.807) is 21.1 Å². The van der Waals surface area contributed by atoms with Crippen LogP contribution in [0.5, 0.6) is 11.5 Å². The molecule has 0 saturated carbocycles. The number of amides is 1. The van der Waals surface area contributed by atoms with Gasteiger partial charge in [-0.2, -0.15) is 0 Å². The molecule has 6 rings (SSSR count). The molecule has 2 N–H and O–H groups in total. The third kappa shape index (κ3) is 8.95. The SMILES string of the molecule is COc1cc2c(cc1OC)CN(C[C@H]1C[C@@H](c3ccc(CO)cc3)O[C@@H](c3cccc(-c4cccc(CNC(=O)[C@H](C)OC(C)=O)c4)c3)O1)CC2. The van der Waals surface area contributed by atoms with E-state index < -0.39 is 18.4 Å². The molecular weight excluding hydrogens is 648 g/mol. The summed E-state index contributed by atoms with van der Waals surface area (Å²) < 4.78 is 29.5. The smallest absolute Gasteiger partial charge is 0.303 e. The summed E-state index contributed by atoms with van der Waals surface area (Å²) in [5.74, 6) is 0.633. The van der Waals surface area contributed by atoms with Crippen LogP contribution in [0.25, 0.3) is 11.1 Å². The molecule has 2 heterocycles. The number of nitrogens with zero attached hydrogens (tertiary/aromatic N) is 1. The number of carbonyl (C=O) groups excluding carboxylic acids is 2. The first-order chi connectivity index (χ1) is 24.7. The first-order valence-electron chi connectivity index (χ1n) is 17.3. The first kappa shape index (κ1) is 36.1. The number of aliphatic hydroxyl groups is 1. The third-order valence-corrected chi connectivity index (χ3v) is 9.47. The van der Waals surface area contributed by atoms with Crippen LogP contribution < -0.4 is 14.8 Å². The molecule has 0 spiro atoms. The number of aliphatic hydroxyl groups excluding tert-OH is 1. The number of fused-ring (bicyclic) bond motifs is 1. The Hall–Kier alpha value is -4.74. The molecular formula is C41H46N2O8. The highest BCUT2D eigenvalue weighted by molar-refractivity contribution is 5.82. The molecule has 4 atom stereocenters. The maximum Gasteiger partial charge on any atom is 0.303 e. The van der Waals surface area contributed by atoms with Crippen LogP contribution in [0.4, 0.5) is 0 Å². The number of hydrogen-bond donors (Lipinski definition) is 2. The summed E-state index contributed by atoms with van der Waals surface area (Å²) in [4.78, 5) is 26.1. The monoisotopic (exact) mass is 694 g/mol. The minimum atomic E-state index is -0.864. The number of hydrogen-bond acceptors (Lipinski definition) is 9. The van der Waals surface area contributed by atoms with E-state index in [-0.39, 0.29) is 24.7 Å². The third-order valence-electron chi connectivity index (χ3n) is 9.47. The van der Waals surface area contributed by atoms with Gasteiger partial charge in [-0.1, -0.05) is 60.7 Å². The highest BCUT2D eigenvalue weighted by Gasteiger charge is 2.34. The van der Waals surface area contributed by atoms with Crippen molar-refractivity contribution in [2.24, 2.45) is 0 Å². The van der Waals surface area contributed by atoms with Crippen molar-refractivity contribution in [3.8, 4) is 22.6 Å². The van der Waals surface area contributed by atoms with Crippen LogP contribution >= 0.6 is 0 Å². The lowest BCUT2D eigenvalue weighted by atomic mass is 9.96. The zero-order valence-electron chi connectivity index (χ0n) is 29.6. The zero-order valence-corrected chi connectivity index (χ0v) is 29.6. The molecule has 1 amide bonds. The Morgan fingerprint density at radius 3 is 2.29 bits per heavy atom. The second kappa shape index (κ2) is 16.5. The molecule has 1 fully saturated rings. The van der Waals surface area contributed by atoms with Gasteiger partial charge in [0.25, 0.3) is 5.91 Å². The molecule has 0 unspecified atom stereocenters. The normalized spacial score (nSPS) is 19.4. The Balaban J connectivity index is 1.20. The van der Waals surface area contributed by atoms with Gasteiger partial charge in [0.05, 0.1) is 33.0 Å². The number of methoxy groups -OCH3 is 2. The standard InChI is InChI=1S/C41H46N2O8/c1-26(49-27(2)45)40(46)42-22-29-7-5-8-31(17-29)32-9-6-10-34(18-32)41-50-36(21-37(51-41)30-13-11-28(25-44)12-14-30)24-43-16-15-33-19-38(47-3)39(48-4)20-35(33)23-43/h5-14,17-20,26,36-37,41,44H,15-16,21-25H2,1-4H3,(H,42,46)/t26-,36+,37-,41-/m0/s1. The van der Waals surface area contributed by atoms with Crippen LogP contribution in [-0.4, -0.2) is 61.4 Å². The topological polar surface area (TPSA) is 116 Å². The summed E-state index contributed by atoms with van der Waals surface area (Å²) >= 11 is 0. The predicted molar refractivity (Wildman–Crippen MR) is 192 cm³/mol. The first-order valence-corrected chi connectivity index (χ1v) is 17.3. The molecule has 51 heavy (non-hydrogen) atoms. The quantitative estimate of drug-likeness (QED) is 0.172. The van der Waals surface area contributed by atoms with Gasteiger partial charge < -0.3 is 34.1 Å². The molecule has 4 aromatic rings. The van der Waals surface area contributed by atoms with E-state index in [9.17, 15) is 14.7 Å². The van der Waals surface area contributed by atoms with E-state index in [1.165, 1.54) is 18.1 Å². The van der Waals surface area contributed by atoms with Crippen molar-refractivity contribution in [2.75, 3.05) is 27.3 Å². The molecule has 268 valence electrons. The summed E-state index contributed by atoms with van der Waals surface area (Å²) in [5.41, 5.74) is 8.19. The average molecular weight is 695 g/mol. The van der Waals surface area contributed by atoms with E-state index in [2.05, 4.69) is 28.4 Å². The second-order valence-electron chi connectivity index (χ2n) is 13.1. The van der Waals surface area contributed by atoms with Crippen LogP contribution in [0.3, 0.4) is 0 Å². The van der Waals surface area contributed by atoms with E-state index in [4.69, 9.17) is 23.7 Å². The minimum Gasteiger partial charge on any atom is -0.493 e. The number of rotatable bonds is 12. The van der Waals surface area contributed by atoms with Gasteiger partial charge in [-0.15, -0.1) is 0 Å². The van der Waals surface area contributed by atoms with Gasteiger partial charge in [0.15, 0.2) is 23.9 Å². The molecule has 0 bridgehead atoms. The molecule has 4 aromatic carbocycles. The Morgan fingerprint density at radius 1 is 0.882 bits per heavy atom. The molecule has 2 aliphatic rings. The summed E-state index contributed by atoms with van der Waals surface area (Å²) in [5, 5.41) is 12.5. The van der Waals surface area contributed by atoms with Crippen LogP contribution in [0.2, 0.25) is 0 Å². The number of nitrogens with one attached hydrogen (secondary N) is 1. The van der Waals surface area contributed by atoms with Gasteiger partial charge >= 0.3 is 5.97 Å². The van der Waals surface area contributed by atoms with Gasteiger partial charge in [-0.25, -0.2) is 0 Å².